The highest BCUT2D eigenvalue weighted by molar-refractivity contribution is 6.19. The van der Waals surface area contributed by atoms with E-state index in [2.05, 4.69) is 16.1 Å². The number of hydrogen-bond acceptors (Lipinski definition) is 5. The Bertz CT molecular complexity index is 1680. The number of fused-ring (bicyclic) bond motifs is 2. The highest BCUT2D eigenvalue weighted by Crippen LogP contribution is 2.39. The summed E-state index contributed by atoms with van der Waals surface area (Å²) in [7, 11) is 3.68. The first kappa shape index (κ1) is 28.3. The summed E-state index contributed by atoms with van der Waals surface area (Å²) in [6, 6.07) is 17.7. The van der Waals surface area contributed by atoms with Gasteiger partial charge >= 0.3 is 0 Å². The molecule has 2 amide bonds. The summed E-state index contributed by atoms with van der Waals surface area (Å²) in [6.07, 6.45) is 1.86. The van der Waals surface area contributed by atoms with Crippen molar-refractivity contribution in [1.82, 2.24) is 19.2 Å². The van der Waals surface area contributed by atoms with Gasteiger partial charge in [0.05, 0.1) is 22.8 Å². The van der Waals surface area contributed by atoms with Gasteiger partial charge in [-0.3, -0.25) is 24.0 Å². The van der Waals surface area contributed by atoms with E-state index in [0.29, 0.717) is 38.1 Å². The van der Waals surface area contributed by atoms with Crippen LogP contribution >= 0.6 is 0 Å². The van der Waals surface area contributed by atoms with Crippen LogP contribution in [0.25, 0.3) is 10.8 Å². The van der Waals surface area contributed by atoms with Crippen molar-refractivity contribution in [2.24, 2.45) is 12.5 Å². The van der Waals surface area contributed by atoms with Crippen molar-refractivity contribution in [1.29, 1.82) is 0 Å². The van der Waals surface area contributed by atoms with Gasteiger partial charge in [-0.25, -0.2) is 0 Å². The first-order valence-electron chi connectivity index (χ1n) is 14.0. The number of benzene rings is 2. The summed E-state index contributed by atoms with van der Waals surface area (Å²) in [5.41, 5.74) is 3.33. The Hall–Kier alpha value is -4.24. The van der Waals surface area contributed by atoms with Gasteiger partial charge in [0.15, 0.2) is 0 Å². The minimum Gasteiger partial charge on any atom is -0.314 e. The molecule has 2 aromatic heterocycles. The fourth-order valence-corrected chi connectivity index (χ4v) is 5.71. The Morgan fingerprint density at radius 1 is 0.902 bits per heavy atom. The molecule has 4 aromatic rings. The Labute approximate surface area is 240 Å². The van der Waals surface area contributed by atoms with E-state index >= 15 is 0 Å². The van der Waals surface area contributed by atoms with Gasteiger partial charge in [-0.1, -0.05) is 24.3 Å². The van der Waals surface area contributed by atoms with E-state index in [1.54, 1.807) is 35.3 Å². The maximum absolute atomic E-state index is 13.3. The molecular formula is C32H38N6O3. The van der Waals surface area contributed by atoms with Gasteiger partial charge in [0.1, 0.15) is 5.41 Å². The molecule has 41 heavy (non-hydrogen) atoms. The summed E-state index contributed by atoms with van der Waals surface area (Å²) >= 11 is 0. The van der Waals surface area contributed by atoms with Crippen LogP contribution < -0.4 is 15.4 Å². The van der Waals surface area contributed by atoms with Crippen LogP contribution in [0.1, 0.15) is 37.7 Å². The zero-order valence-electron chi connectivity index (χ0n) is 24.7. The van der Waals surface area contributed by atoms with Crippen molar-refractivity contribution in [3.8, 4) is 0 Å². The van der Waals surface area contributed by atoms with Crippen LogP contribution in [0.5, 0.6) is 0 Å². The minimum absolute atomic E-state index is 0.00321. The zero-order chi connectivity index (χ0) is 29.5. The minimum atomic E-state index is -1.15. The van der Waals surface area contributed by atoms with Gasteiger partial charge < -0.3 is 14.4 Å². The summed E-state index contributed by atoms with van der Waals surface area (Å²) in [6.45, 7) is 10.1. The van der Waals surface area contributed by atoms with Crippen molar-refractivity contribution in [3.05, 3.63) is 88.1 Å². The molecule has 1 aliphatic rings. The van der Waals surface area contributed by atoms with Crippen LogP contribution in [0.2, 0.25) is 0 Å². The average Bonchev–Trinajstić information content (AvgIpc) is 3.26. The lowest BCUT2D eigenvalue weighted by Gasteiger charge is -2.27. The Morgan fingerprint density at radius 3 is 2.37 bits per heavy atom. The second-order valence-electron chi connectivity index (χ2n) is 11.4. The van der Waals surface area contributed by atoms with E-state index in [4.69, 9.17) is 0 Å². The monoisotopic (exact) mass is 554 g/mol. The van der Waals surface area contributed by atoms with E-state index in [0.717, 1.165) is 33.7 Å². The van der Waals surface area contributed by atoms with Crippen molar-refractivity contribution >= 4 is 34.0 Å². The Kier molecular flexibility index (Phi) is 7.57. The molecular weight excluding hydrogens is 516 g/mol. The smallest absolute Gasteiger partial charge is 0.258 e. The lowest BCUT2D eigenvalue weighted by Crippen LogP contribution is -2.47. The molecule has 0 unspecified atom stereocenters. The fourth-order valence-electron chi connectivity index (χ4n) is 5.71. The first-order chi connectivity index (χ1) is 19.5. The lowest BCUT2D eigenvalue weighted by molar-refractivity contribution is -0.137. The van der Waals surface area contributed by atoms with Gasteiger partial charge in [-0.2, -0.15) is 5.10 Å². The number of nitrogens with zero attached hydrogens (tertiary/aromatic N) is 6. The molecule has 9 nitrogen and oxygen atoms in total. The molecule has 2 aromatic carbocycles. The molecule has 0 radical (unpaired) electrons. The van der Waals surface area contributed by atoms with E-state index in [1.807, 2.05) is 80.3 Å². The number of aromatic nitrogens is 3. The van der Waals surface area contributed by atoms with Crippen molar-refractivity contribution in [2.45, 2.75) is 47.3 Å². The number of rotatable bonds is 8. The van der Waals surface area contributed by atoms with E-state index in [9.17, 15) is 14.4 Å². The molecule has 0 saturated heterocycles. The highest BCUT2D eigenvalue weighted by Gasteiger charge is 2.45. The first-order valence-corrected chi connectivity index (χ1v) is 14.0. The van der Waals surface area contributed by atoms with E-state index in [1.165, 1.54) is 0 Å². The van der Waals surface area contributed by atoms with Crippen molar-refractivity contribution in [3.63, 3.8) is 0 Å². The van der Waals surface area contributed by atoms with Crippen LogP contribution in [0.4, 0.5) is 11.4 Å². The van der Waals surface area contributed by atoms with Crippen LogP contribution in [0.15, 0.2) is 65.6 Å². The third-order valence-corrected chi connectivity index (χ3v) is 8.06. The van der Waals surface area contributed by atoms with Gasteiger partial charge in [0.25, 0.3) is 5.56 Å². The van der Waals surface area contributed by atoms with Gasteiger partial charge in [-0.15, -0.1) is 0 Å². The highest BCUT2D eigenvalue weighted by atomic mass is 16.2. The quantitative estimate of drug-likeness (QED) is 0.306. The maximum Gasteiger partial charge on any atom is 0.258 e. The molecule has 9 heteroatoms. The zero-order valence-corrected chi connectivity index (χ0v) is 24.7. The molecule has 214 valence electrons. The molecule has 3 heterocycles. The van der Waals surface area contributed by atoms with E-state index < -0.39 is 5.41 Å². The molecule has 0 N–H and O–H groups in total. The number of pyridine rings is 1. The normalized spacial score (nSPS) is 15.1. The average molecular weight is 555 g/mol. The third-order valence-electron chi connectivity index (χ3n) is 8.06. The molecule has 0 saturated carbocycles. The van der Waals surface area contributed by atoms with Crippen LogP contribution in [-0.2, 0) is 36.3 Å². The van der Waals surface area contributed by atoms with Crippen LogP contribution in [-0.4, -0.2) is 51.2 Å². The Morgan fingerprint density at radius 2 is 1.66 bits per heavy atom. The van der Waals surface area contributed by atoms with Gasteiger partial charge in [0, 0.05) is 58.4 Å². The molecule has 0 spiro atoms. The molecule has 1 aliphatic heterocycles. The molecule has 0 fully saturated rings. The molecule has 5 rings (SSSR count). The largest absolute Gasteiger partial charge is 0.314 e. The number of aryl methyl sites for hydroxylation is 2. The van der Waals surface area contributed by atoms with Crippen LogP contribution in [0.3, 0.4) is 0 Å². The Balaban J connectivity index is 1.46. The van der Waals surface area contributed by atoms with Crippen molar-refractivity contribution < 1.29 is 9.59 Å². The predicted molar refractivity (Wildman–Crippen MR) is 162 cm³/mol. The summed E-state index contributed by atoms with van der Waals surface area (Å²) < 4.78 is 3.65. The van der Waals surface area contributed by atoms with E-state index in [-0.39, 0.29) is 17.4 Å². The predicted octanol–water partition coefficient (Wildman–Crippen LogP) is 4.10. The number of hydrogen-bond donors (Lipinski definition) is 0. The molecule has 0 bridgehead atoms. The van der Waals surface area contributed by atoms with Crippen LogP contribution in [0, 0.1) is 12.3 Å². The summed E-state index contributed by atoms with van der Waals surface area (Å²) in [5.74, 6) is -0.424. The second kappa shape index (κ2) is 11.0. The fraction of sp³-hybridized carbons (Fsp3) is 0.375. The van der Waals surface area contributed by atoms with Crippen molar-refractivity contribution in [2.75, 3.05) is 29.9 Å². The molecule has 0 atom stereocenters. The number of amides is 2. The SMILES string of the molecule is CCN1C(=O)C(C)(C)C(=O)N(C)c2cc(CN(CCn3ccc4ccccc4c3=O)Cc3cc(C)nn3C)ccc21. The third kappa shape index (κ3) is 5.29. The lowest BCUT2D eigenvalue weighted by atomic mass is 9.90. The van der Waals surface area contributed by atoms with Gasteiger partial charge in [0.2, 0.25) is 11.8 Å². The topological polar surface area (TPSA) is 83.7 Å². The standard InChI is InChI=1S/C32H38N6O3/c1-7-38-27-13-12-23(19-28(27)34(5)30(40)32(3,4)31(38)41)20-36(21-25-18-22(2)33-35(25)6)16-17-37-15-14-24-10-8-9-11-26(24)29(37)39/h8-15,18-19H,7,16-17,20-21H2,1-6H3. The second-order valence-corrected chi connectivity index (χ2v) is 11.4. The number of carbonyl (C=O) groups is 2. The number of anilines is 2. The number of carbonyl (C=O) groups excluding carboxylic acids is 2. The maximum atomic E-state index is 13.3. The molecule has 0 aliphatic carbocycles. The van der Waals surface area contributed by atoms with Gasteiger partial charge in [-0.05, 0) is 69.0 Å². The summed E-state index contributed by atoms with van der Waals surface area (Å²) in [5, 5.41) is 6.16. The summed E-state index contributed by atoms with van der Waals surface area (Å²) in [4.78, 5) is 45.4.